The van der Waals surface area contributed by atoms with Crippen LogP contribution in [0, 0.1) is 6.92 Å². The average molecular weight is 602 g/mol. The number of rotatable bonds is 5. The van der Waals surface area contributed by atoms with E-state index in [0.29, 0.717) is 0 Å². The Labute approximate surface area is 276 Å². The fraction of sp³-hybridized carbons (Fsp3) is 0.0233. The molecule has 222 valence electrons. The van der Waals surface area contributed by atoms with Crippen molar-refractivity contribution in [1.29, 1.82) is 0 Å². The van der Waals surface area contributed by atoms with Crippen molar-refractivity contribution in [1.82, 2.24) is 0 Å². The lowest BCUT2D eigenvalue weighted by molar-refractivity contribution is 1.25. The summed E-state index contributed by atoms with van der Waals surface area (Å²) in [6, 6.07) is 63.7. The molecular weight excluding hydrogens is 569 g/mol. The van der Waals surface area contributed by atoms with E-state index in [0.717, 1.165) is 17.1 Å². The first-order valence-electron chi connectivity index (χ1n) is 16.2. The molecule has 0 saturated carbocycles. The summed E-state index contributed by atoms with van der Waals surface area (Å²) >= 11 is 0. The van der Waals surface area contributed by atoms with E-state index in [1.54, 1.807) is 0 Å². The van der Waals surface area contributed by atoms with Crippen LogP contribution in [0.15, 0.2) is 176 Å². The molecule has 0 N–H and O–H groups in total. The van der Waals surface area contributed by atoms with Crippen LogP contribution >= 0.6 is 0 Å². The number of benzene rings is 7. The summed E-state index contributed by atoms with van der Waals surface area (Å²) in [6.07, 6.45) is 0. The van der Waals surface area contributed by atoms with Gasteiger partial charge in [-0.2, -0.15) is 0 Å². The first-order valence-corrected chi connectivity index (χ1v) is 16.2. The fourth-order valence-electron chi connectivity index (χ4n) is 7.51. The lowest BCUT2D eigenvalue weighted by Gasteiger charge is -2.46. The molecular formula is C43H32BN3. The van der Waals surface area contributed by atoms with Crippen LogP contribution in [0.4, 0.5) is 45.5 Å². The van der Waals surface area contributed by atoms with Gasteiger partial charge in [0, 0.05) is 51.1 Å². The van der Waals surface area contributed by atoms with Gasteiger partial charge in [0.1, 0.15) is 0 Å². The van der Waals surface area contributed by atoms with E-state index >= 15 is 0 Å². The molecule has 7 aromatic rings. The van der Waals surface area contributed by atoms with Gasteiger partial charge in [-0.1, -0.05) is 103 Å². The van der Waals surface area contributed by atoms with Crippen LogP contribution in [0.3, 0.4) is 0 Å². The highest BCUT2D eigenvalue weighted by Gasteiger charge is 2.45. The number of nitrogens with zero attached hydrogens (tertiary/aromatic N) is 3. The van der Waals surface area contributed by atoms with Gasteiger partial charge in [-0.05, 0) is 102 Å². The number of hydrogen-bond donors (Lipinski definition) is 0. The minimum atomic E-state index is -0.0104. The van der Waals surface area contributed by atoms with Gasteiger partial charge in [0.25, 0.3) is 0 Å². The smallest absolute Gasteiger partial charge is 0.333 e. The third-order valence-electron chi connectivity index (χ3n) is 9.41. The van der Waals surface area contributed by atoms with Crippen LogP contribution in [0.5, 0.6) is 0 Å². The summed E-state index contributed by atoms with van der Waals surface area (Å²) in [5.41, 5.74) is 15.8. The maximum absolute atomic E-state index is 2.56. The first kappa shape index (κ1) is 27.3. The van der Waals surface area contributed by atoms with E-state index in [2.05, 4.69) is 197 Å². The van der Waals surface area contributed by atoms with Crippen molar-refractivity contribution in [3.8, 4) is 11.1 Å². The van der Waals surface area contributed by atoms with Gasteiger partial charge >= 0.3 is 6.85 Å². The quantitative estimate of drug-likeness (QED) is 0.182. The monoisotopic (exact) mass is 601 g/mol. The maximum atomic E-state index is 2.56. The molecule has 2 heterocycles. The molecule has 9 rings (SSSR count). The van der Waals surface area contributed by atoms with E-state index in [-0.39, 0.29) is 6.85 Å². The molecule has 4 heteroatoms. The Hall–Kier alpha value is -6.00. The van der Waals surface area contributed by atoms with Crippen LogP contribution in [0.2, 0.25) is 0 Å². The normalized spacial score (nSPS) is 12.7. The lowest BCUT2D eigenvalue weighted by atomic mass is 9.43. The zero-order chi connectivity index (χ0) is 31.3. The molecule has 3 nitrogen and oxygen atoms in total. The molecule has 0 aromatic heterocycles. The van der Waals surface area contributed by atoms with Crippen molar-refractivity contribution in [2.75, 3.05) is 14.6 Å². The van der Waals surface area contributed by atoms with Gasteiger partial charge in [-0.25, -0.2) is 0 Å². The highest BCUT2D eigenvalue weighted by atomic mass is 15.2. The van der Waals surface area contributed by atoms with Crippen molar-refractivity contribution in [3.63, 3.8) is 0 Å². The second-order valence-electron chi connectivity index (χ2n) is 12.3. The molecule has 0 spiro atoms. The van der Waals surface area contributed by atoms with Crippen molar-refractivity contribution in [2.45, 2.75) is 6.92 Å². The topological polar surface area (TPSA) is 9.72 Å². The average Bonchev–Trinajstić information content (AvgIpc) is 3.13. The molecule has 0 bridgehead atoms. The van der Waals surface area contributed by atoms with Crippen LogP contribution < -0.4 is 25.5 Å². The highest BCUT2D eigenvalue weighted by Crippen LogP contribution is 2.48. The Kier molecular flexibility index (Phi) is 6.46. The van der Waals surface area contributed by atoms with Gasteiger partial charge in [0.15, 0.2) is 0 Å². The molecule has 0 fully saturated rings. The van der Waals surface area contributed by atoms with E-state index in [1.807, 2.05) is 0 Å². The second-order valence-corrected chi connectivity index (χ2v) is 12.3. The second kappa shape index (κ2) is 11.1. The van der Waals surface area contributed by atoms with Gasteiger partial charge in [0.05, 0.1) is 0 Å². The largest absolute Gasteiger partial charge is 0.376 e. The molecule has 7 aromatic carbocycles. The minimum Gasteiger partial charge on any atom is -0.376 e. The number of aryl methyl sites for hydroxylation is 1. The van der Waals surface area contributed by atoms with Crippen molar-refractivity contribution < 1.29 is 0 Å². The van der Waals surface area contributed by atoms with E-state index < -0.39 is 0 Å². The summed E-state index contributed by atoms with van der Waals surface area (Å²) in [5.74, 6) is 0. The molecule has 2 aliphatic heterocycles. The summed E-state index contributed by atoms with van der Waals surface area (Å²) < 4.78 is 0. The van der Waals surface area contributed by atoms with Crippen LogP contribution in [-0.2, 0) is 0 Å². The van der Waals surface area contributed by atoms with Gasteiger partial charge in [-0.3, -0.25) is 0 Å². The Bertz CT molecular complexity index is 2180. The molecule has 0 unspecified atom stereocenters. The van der Waals surface area contributed by atoms with Crippen molar-refractivity contribution in [3.05, 3.63) is 181 Å². The molecule has 0 radical (unpaired) electrons. The zero-order valence-electron chi connectivity index (χ0n) is 26.2. The Balaban J connectivity index is 1.35. The highest BCUT2D eigenvalue weighted by molar-refractivity contribution is 6.93. The molecule has 0 amide bonds. The predicted molar refractivity (Wildman–Crippen MR) is 200 cm³/mol. The summed E-state index contributed by atoms with van der Waals surface area (Å²) in [6.45, 7) is 2.21. The minimum absolute atomic E-state index is 0.0104. The van der Waals surface area contributed by atoms with Gasteiger partial charge < -0.3 is 14.6 Å². The Morgan fingerprint density at radius 2 is 1.02 bits per heavy atom. The van der Waals surface area contributed by atoms with E-state index in [1.165, 1.54) is 56.1 Å². The van der Waals surface area contributed by atoms with Crippen LogP contribution in [0.25, 0.3) is 11.1 Å². The number of anilines is 8. The van der Waals surface area contributed by atoms with Crippen molar-refractivity contribution in [2.24, 2.45) is 0 Å². The first-order chi connectivity index (χ1) is 23.3. The van der Waals surface area contributed by atoms with E-state index in [9.17, 15) is 0 Å². The predicted octanol–water partition coefficient (Wildman–Crippen LogP) is 10.2. The van der Waals surface area contributed by atoms with E-state index in [4.69, 9.17) is 0 Å². The van der Waals surface area contributed by atoms with Crippen LogP contribution in [-0.4, -0.2) is 6.85 Å². The number of para-hydroxylation sites is 5. The number of hydrogen-bond acceptors (Lipinski definition) is 3. The zero-order valence-corrected chi connectivity index (χ0v) is 26.2. The van der Waals surface area contributed by atoms with Gasteiger partial charge in [0.2, 0.25) is 0 Å². The Morgan fingerprint density at radius 3 is 1.68 bits per heavy atom. The third-order valence-corrected chi connectivity index (χ3v) is 9.41. The van der Waals surface area contributed by atoms with Gasteiger partial charge in [-0.15, -0.1) is 0 Å². The fourth-order valence-corrected chi connectivity index (χ4v) is 7.51. The Morgan fingerprint density at radius 1 is 0.447 bits per heavy atom. The molecule has 0 saturated heterocycles. The summed E-state index contributed by atoms with van der Waals surface area (Å²) in [4.78, 5) is 7.37. The lowest BCUT2D eigenvalue weighted by Crippen LogP contribution is -2.61. The third kappa shape index (κ3) is 4.45. The molecule has 0 atom stereocenters. The summed E-state index contributed by atoms with van der Waals surface area (Å²) in [5, 5.41) is 0. The maximum Gasteiger partial charge on any atom is 0.333 e. The molecule has 0 aliphatic carbocycles. The molecule has 47 heavy (non-hydrogen) atoms. The van der Waals surface area contributed by atoms with Crippen molar-refractivity contribution >= 4 is 63.3 Å². The number of fused-ring (bicyclic) bond motifs is 4. The molecule has 2 aliphatic rings. The standard InChI is InChI=1S/C43H32BN3/c1-31-28-38-37-27-26-36(45(32-16-6-2-7-17-32)33-18-8-3-9-19-33)30-41(37)47(35-22-12-5-13-23-35)44-39-24-14-15-25-40(39)46(42(29-31)43(38)44)34-20-10-4-11-21-34/h2-30H,1H3. The SMILES string of the molecule is Cc1cc2c3c(c1)N(c1ccccc1)c1ccccc1B3N(c1ccccc1)c1cc(N(c3ccccc3)c3ccccc3)ccc1-2. The summed E-state index contributed by atoms with van der Waals surface area (Å²) in [7, 11) is 0. The van der Waals surface area contributed by atoms with Crippen LogP contribution in [0.1, 0.15) is 5.56 Å².